The molecule has 3 aliphatic rings. The molecule has 0 unspecified atom stereocenters. The van der Waals surface area contributed by atoms with Gasteiger partial charge < -0.3 is 19.1 Å². The molecule has 0 saturated heterocycles. The van der Waals surface area contributed by atoms with Crippen molar-refractivity contribution >= 4 is 90.5 Å². The van der Waals surface area contributed by atoms with E-state index in [1.807, 2.05) is 6.07 Å². The summed E-state index contributed by atoms with van der Waals surface area (Å²) in [5, 5.41) is 8.36. The SMILES string of the molecule is CC1(C)CCC(C)(C)c2cc(Nc3cc4c(cc3-c3c5c(cc6c3oc3ccccc36)N3c6ccccc6C(c6ccccc6)(c6ccccc6)c6cccc(c63)[B]5)oc3ccccc34)ccc21. The Morgan fingerprint density at radius 1 is 0.485 bits per heavy atom. The number of hydrogen-bond acceptors (Lipinski definition) is 4. The van der Waals surface area contributed by atoms with Crippen LogP contribution in [0.3, 0.4) is 0 Å². The van der Waals surface area contributed by atoms with E-state index in [-0.39, 0.29) is 10.8 Å². The van der Waals surface area contributed by atoms with E-state index in [4.69, 9.17) is 8.83 Å². The fraction of sp³-hybridized carbons (Fsp3) is 0.143. The van der Waals surface area contributed by atoms with E-state index < -0.39 is 5.41 Å². The number of benzene rings is 9. The van der Waals surface area contributed by atoms with Gasteiger partial charge in [-0.05, 0) is 111 Å². The van der Waals surface area contributed by atoms with Crippen molar-refractivity contribution in [2.24, 2.45) is 0 Å². The van der Waals surface area contributed by atoms with Crippen molar-refractivity contribution in [2.75, 3.05) is 10.2 Å². The molecule has 0 bridgehead atoms. The van der Waals surface area contributed by atoms with Gasteiger partial charge in [-0.3, -0.25) is 0 Å². The van der Waals surface area contributed by atoms with Crippen LogP contribution in [-0.2, 0) is 16.2 Å². The molecule has 4 heterocycles. The highest BCUT2D eigenvalue weighted by molar-refractivity contribution is 6.74. The Kier molecular flexibility index (Phi) is 8.19. The van der Waals surface area contributed by atoms with Crippen LogP contribution in [0.2, 0.25) is 0 Å². The lowest BCUT2D eigenvalue weighted by molar-refractivity contribution is 0.332. The molecule has 4 nitrogen and oxygen atoms in total. The first-order chi connectivity index (χ1) is 33.2. The van der Waals surface area contributed by atoms with Crippen molar-refractivity contribution in [3.8, 4) is 11.1 Å². The number of nitrogens with zero attached hydrogens (tertiary/aromatic N) is 1. The number of rotatable bonds is 5. The number of para-hydroxylation sites is 4. The maximum atomic E-state index is 7.12. The van der Waals surface area contributed by atoms with Gasteiger partial charge in [0.05, 0.1) is 11.1 Å². The standard InChI is InChI=1S/C63H48BN2O2/c1-61(2)32-33-62(3,4)49-34-40(30-31-46(49)61)65-51-35-43-41-22-11-15-28-54(41)67-56(43)37-45(51)57-58-53(36-44-42-23-12-16-29-55(42)68-60(44)57)66-52-27-14-13-24-47(52)63(38-18-7-5-8-19-38,39-20-9-6-10-21-39)48-25-17-26-50(64-58)59(48)66/h5-31,34-37,65H,32-33H2,1-4H3. The quantitative estimate of drug-likeness (QED) is 0.175. The number of nitrogens with one attached hydrogen (secondary N) is 1. The molecule has 0 amide bonds. The minimum atomic E-state index is -0.580. The van der Waals surface area contributed by atoms with E-state index >= 15 is 0 Å². The van der Waals surface area contributed by atoms with E-state index in [2.05, 4.69) is 227 Å². The smallest absolute Gasteiger partial charge is 0.198 e. The molecular formula is C63H48BN2O2. The molecule has 2 aromatic heterocycles. The summed E-state index contributed by atoms with van der Waals surface area (Å²) in [6.07, 6.45) is 2.31. The summed E-state index contributed by atoms with van der Waals surface area (Å²) in [5.74, 6) is 0. The van der Waals surface area contributed by atoms with Gasteiger partial charge >= 0.3 is 0 Å². The second-order valence-electron chi connectivity index (χ2n) is 20.5. The summed E-state index contributed by atoms with van der Waals surface area (Å²) < 4.78 is 13.9. The van der Waals surface area contributed by atoms with Crippen LogP contribution in [-0.4, -0.2) is 7.28 Å². The lowest BCUT2D eigenvalue weighted by atomic mass is 9.54. The van der Waals surface area contributed by atoms with Crippen molar-refractivity contribution < 1.29 is 8.83 Å². The Labute approximate surface area is 397 Å². The predicted octanol–water partition coefficient (Wildman–Crippen LogP) is 15.4. The summed E-state index contributed by atoms with van der Waals surface area (Å²) in [7, 11) is 2.41. The van der Waals surface area contributed by atoms with Crippen molar-refractivity contribution in [1.82, 2.24) is 0 Å². The van der Waals surface area contributed by atoms with Gasteiger partial charge in [0.1, 0.15) is 22.3 Å². The topological polar surface area (TPSA) is 41.6 Å². The molecular weight excluding hydrogens is 828 g/mol. The molecule has 5 heteroatoms. The highest BCUT2D eigenvalue weighted by Crippen LogP contribution is 2.59. The van der Waals surface area contributed by atoms with Crippen LogP contribution in [0, 0.1) is 0 Å². The molecule has 0 atom stereocenters. The van der Waals surface area contributed by atoms with Gasteiger partial charge in [0.15, 0.2) is 7.28 Å². The van der Waals surface area contributed by atoms with Gasteiger partial charge in [0.2, 0.25) is 0 Å². The van der Waals surface area contributed by atoms with Crippen LogP contribution in [0.5, 0.6) is 0 Å². The third-order valence-corrected chi connectivity index (χ3v) is 15.8. The molecule has 0 fully saturated rings. The van der Waals surface area contributed by atoms with Crippen LogP contribution in [0.15, 0.2) is 197 Å². The third kappa shape index (κ3) is 5.44. The maximum Gasteiger partial charge on any atom is 0.198 e. The zero-order chi connectivity index (χ0) is 45.5. The van der Waals surface area contributed by atoms with Crippen LogP contribution >= 0.6 is 0 Å². The molecule has 1 N–H and O–H groups in total. The number of furan rings is 2. The zero-order valence-electron chi connectivity index (χ0n) is 38.7. The Morgan fingerprint density at radius 2 is 1.12 bits per heavy atom. The second-order valence-corrected chi connectivity index (χ2v) is 20.5. The Bertz CT molecular complexity index is 3840. The van der Waals surface area contributed by atoms with Crippen LogP contribution in [0.4, 0.5) is 28.4 Å². The fourth-order valence-corrected chi connectivity index (χ4v) is 12.4. The largest absolute Gasteiger partial charge is 0.456 e. The van der Waals surface area contributed by atoms with Gasteiger partial charge in [-0.1, -0.05) is 173 Å². The lowest BCUT2D eigenvalue weighted by Crippen LogP contribution is -2.47. The van der Waals surface area contributed by atoms with Crippen molar-refractivity contribution in [2.45, 2.75) is 56.8 Å². The van der Waals surface area contributed by atoms with Crippen molar-refractivity contribution in [3.05, 3.63) is 221 Å². The Morgan fingerprint density at radius 3 is 1.87 bits per heavy atom. The third-order valence-electron chi connectivity index (χ3n) is 15.8. The van der Waals surface area contributed by atoms with E-state index in [0.29, 0.717) is 0 Å². The highest BCUT2D eigenvalue weighted by Gasteiger charge is 2.49. The monoisotopic (exact) mass is 875 g/mol. The summed E-state index contributed by atoms with van der Waals surface area (Å²) >= 11 is 0. The number of fused-ring (bicyclic) bond motifs is 11. The summed E-state index contributed by atoms with van der Waals surface area (Å²) in [6, 6.07) is 68.9. The first-order valence-electron chi connectivity index (χ1n) is 24.0. The van der Waals surface area contributed by atoms with Gasteiger partial charge in [-0.15, -0.1) is 0 Å². The molecule has 1 aliphatic carbocycles. The first-order valence-corrected chi connectivity index (χ1v) is 24.0. The molecule has 325 valence electrons. The molecule has 0 saturated carbocycles. The minimum absolute atomic E-state index is 0.0551. The second kappa shape index (κ2) is 14.1. The molecule has 68 heavy (non-hydrogen) atoms. The minimum Gasteiger partial charge on any atom is -0.456 e. The predicted molar refractivity (Wildman–Crippen MR) is 283 cm³/mol. The van der Waals surface area contributed by atoms with E-state index in [0.717, 1.165) is 95.1 Å². The van der Waals surface area contributed by atoms with Crippen LogP contribution in [0.25, 0.3) is 55.0 Å². The normalized spacial score (nSPS) is 16.0. The van der Waals surface area contributed by atoms with Crippen molar-refractivity contribution in [1.29, 1.82) is 0 Å². The van der Waals surface area contributed by atoms with E-state index in [9.17, 15) is 0 Å². The van der Waals surface area contributed by atoms with E-state index in [1.54, 1.807) is 0 Å². The molecule has 0 spiro atoms. The maximum absolute atomic E-state index is 7.12. The molecule has 1 radical (unpaired) electrons. The Balaban J connectivity index is 1.07. The highest BCUT2D eigenvalue weighted by atomic mass is 16.3. The molecule has 2 aliphatic heterocycles. The summed E-state index contributed by atoms with van der Waals surface area (Å²) in [5.41, 5.74) is 20.6. The van der Waals surface area contributed by atoms with Crippen molar-refractivity contribution in [3.63, 3.8) is 0 Å². The molecule has 11 aromatic rings. The van der Waals surface area contributed by atoms with Gasteiger partial charge in [-0.25, -0.2) is 0 Å². The first kappa shape index (κ1) is 39.4. The molecule has 14 rings (SSSR count). The lowest BCUT2D eigenvalue weighted by Gasteiger charge is -2.49. The molecule has 9 aromatic carbocycles. The summed E-state index contributed by atoms with van der Waals surface area (Å²) in [4.78, 5) is 2.55. The zero-order valence-corrected chi connectivity index (χ0v) is 38.7. The van der Waals surface area contributed by atoms with Crippen LogP contribution < -0.4 is 21.1 Å². The van der Waals surface area contributed by atoms with Gasteiger partial charge in [-0.2, -0.15) is 0 Å². The van der Waals surface area contributed by atoms with Gasteiger partial charge in [0.25, 0.3) is 0 Å². The number of hydrogen-bond donors (Lipinski definition) is 1. The average molecular weight is 876 g/mol. The number of anilines is 5. The Hall–Kier alpha value is -7.76. The fourth-order valence-electron chi connectivity index (χ4n) is 12.4. The van der Waals surface area contributed by atoms with Gasteiger partial charge in [0, 0.05) is 55.4 Å². The average Bonchev–Trinajstić information content (AvgIpc) is 3.93. The van der Waals surface area contributed by atoms with Crippen LogP contribution in [0.1, 0.15) is 73.9 Å². The van der Waals surface area contributed by atoms with E-state index in [1.165, 1.54) is 45.5 Å². The summed E-state index contributed by atoms with van der Waals surface area (Å²) in [6.45, 7) is 9.58.